The molecule has 0 unspecified atom stereocenters. The SMILES string of the molecule is c1ccc(-c2ccc(N(c3ccc4c(ccc5nc(-c6ccccc6)oc54)c3)c3ccc4ccccc4c3-c3ccccc3)cc2)cc1. The van der Waals surface area contributed by atoms with Crippen LogP contribution < -0.4 is 4.90 Å². The van der Waals surface area contributed by atoms with E-state index in [1.165, 1.54) is 33.0 Å². The number of hydrogen-bond donors (Lipinski definition) is 0. The third-order valence-corrected chi connectivity index (χ3v) is 9.08. The van der Waals surface area contributed by atoms with E-state index in [2.05, 4.69) is 157 Å². The van der Waals surface area contributed by atoms with Crippen molar-refractivity contribution in [3.8, 4) is 33.7 Å². The maximum Gasteiger partial charge on any atom is 0.227 e. The van der Waals surface area contributed by atoms with Crippen LogP contribution in [0.15, 0.2) is 186 Å². The van der Waals surface area contributed by atoms with Crippen molar-refractivity contribution in [3.63, 3.8) is 0 Å². The Morgan fingerprint density at radius 2 is 1.02 bits per heavy atom. The first kappa shape index (κ1) is 27.8. The molecule has 0 saturated carbocycles. The predicted molar refractivity (Wildman–Crippen MR) is 200 cm³/mol. The van der Waals surface area contributed by atoms with Gasteiger partial charge in [-0.1, -0.05) is 127 Å². The lowest BCUT2D eigenvalue weighted by Gasteiger charge is -2.29. The van der Waals surface area contributed by atoms with Crippen LogP contribution in [0.3, 0.4) is 0 Å². The fourth-order valence-corrected chi connectivity index (χ4v) is 6.76. The van der Waals surface area contributed by atoms with Gasteiger partial charge in [-0.3, -0.25) is 0 Å². The topological polar surface area (TPSA) is 29.3 Å². The van der Waals surface area contributed by atoms with E-state index in [1.54, 1.807) is 0 Å². The summed E-state index contributed by atoms with van der Waals surface area (Å²) in [5, 5.41) is 4.54. The van der Waals surface area contributed by atoms with Crippen LogP contribution in [0.1, 0.15) is 0 Å². The molecule has 48 heavy (non-hydrogen) atoms. The van der Waals surface area contributed by atoms with Gasteiger partial charge in [-0.25, -0.2) is 4.98 Å². The van der Waals surface area contributed by atoms with E-state index in [4.69, 9.17) is 9.40 Å². The molecule has 1 aromatic heterocycles. The van der Waals surface area contributed by atoms with Crippen LogP contribution in [0.25, 0.3) is 66.4 Å². The average Bonchev–Trinajstić information content (AvgIpc) is 3.61. The van der Waals surface area contributed by atoms with Crippen LogP contribution in [0, 0.1) is 0 Å². The van der Waals surface area contributed by atoms with Crippen LogP contribution in [0.2, 0.25) is 0 Å². The van der Waals surface area contributed by atoms with Gasteiger partial charge in [0, 0.05) is 27.9 Å². The van der Waals surface area contributed by atoms with Gasteiger partial charge in [-0.2, -0.15) is 0 Å². The minimum atomic E-state index is 0.631. The first-order chi connectivity index (χ1) is 23.8. The standard InChI is InChI=1S/C45H30N2O/c1-4-12-31(13-5-1)32-20-24-37(25-21-32)47(42-29-23-33-14-10-11-19-39(33)43(42)34-15-6-2-7-16-34)38-26-27-40-36(30-38)22-28-41-44(40)48-45(46-41)35-17-8-3-9-18-35/h1-30H. The van der Waals surface area contributed by atoms with Gasteiger partial charge >= 0.3 is 0 Å². The minimum absolute atomic E-state index is 0.631. The van der Waals surface area contributed by atoms with Crippen molar-refractivity contribution in [3.05, 3.63) is 182 Å². The summed E-state index contributed by atoms with van der Waals surface area (Å²) in [5.74, 6) is 0.631. The minimum Gasteiger partial charge on any atom is -0.435 e. The first-order valence-corrected chi connectivity index (χ1v) is 16.2. The van der Waals surface area contributed by atoms with E-state index in [0.717, 1.165) is 44.5 Å². The Balaban J connectivity index is 1.25. The number of anilines is 3. The smallest absolute Gasteiger partial charge is 0.227 e. The molecule has 0 spiro atoms. The molecule has 0 atom stereocenters. The number of hydrogen-bond acceptors (Lipinski definition) is 3. The van der Waals surface area contributed by atoms with Gasteiger partial charge in [0.05, 0.1) is 5.69 Å². The number of rotatable bonds is 6. The Labute approximate surface area is 279 Å². The van der Waals surface area contributed by atoms with Gasteiger partial charge in [0.15, 0.2) is 5.58 Å². The Morgan fingerprint density at radius 3 is 1.77 bits per heavy atom. The van der Waals surface area contributed by atoms with E-state index in [1.807, 2.05) is 30.3 Å². The predicted octanol–water partition coefficient (Wildman–Crippen LogP) is 12.6. The highest BCUT2D eigenvalue weighted by atomic mass is 16.3. The Kier molecular flexibility index (Phi) is 6.80. The molecule has 0 saturated heterocycles. The van der Waals surface area contributed by atoms with Crippen LogP contribution in [-0.2, 0) is 0 Å². The molecule has 3 heteroatoms. The van der Waals surface area contributed by atoms with E-state index in [-0.39, 0.29) is 0 Å². The van der Waals surface area contributed by atoms with E-state index < -0.39 is 0 Å². The number of nitrogens with zero attached hydrogens (tertiary/aromatic N) is 2. The number of benzene rings is 8. The molecule has 3 nitrogen and oxygen atoms in total. The molecule has 0 aliphatic rings. The van der Waals surface area contributed by atoms with Crippen molar-refractivity contribution in [1.82, 2.24) is 4.98 Å². The molecular formula is C45H30N2O. The highest BCUT2D eigenvalue weighted by molar-refractivity contribution is 6.08. The highest BCUT2D eigenvalue weighted by Gasteiger charge is 2.21. The van der Waals surface area contributed by atoms with Crippen molar-refractivity contribution in [2.75, 3.05) is 4.90 Å². The van der Waals surface area contributed by atoms with Crippen LogP contribution in [0.4, 0.5) is 17.1 Å². The highest BCUT2D eigenvalue weighted by Crippen LogP contribution is 2.45. The second-order valence-corrected chi connectivity index (χ2v) is 12.0. The van der Waals surface area contributed by atoms with Gasteiger partial charge in [0.2, 0.25) is 5.89 Å². The fraction of sp³-hybridized carbons (Fsp3) is 0. The fourth-order valence-electron chi connectivity index (χ4n) is 6.76. The molecule has 9 aromatic rings. The lowest BCUT2D eigenvalue weighted by molar-refractivity contribution is 0.623. The summed E-state index contributed by atoms with van der Waals surface area (Å²) in [5.41, 5.74) is 10.6. The van der Waals surface area contributed by atoms with Crippen molar-refractivity contribution in [1.29, 1.82) is 0 Å². The normalized spacial score (nSPS) is 11.3. The number of fused-ring (bicyclic) bond motifs is 4. The molecule has 0 aliphatic carbocycles. The van der Waals surface area contributed by atoms with Gasteiger partial charge in [-0.05, 0) is 87.4 Å². The van der Waals surface area contributed by atoms with Gasteiger partial charge in [0.1, 0.15) is 5.52 Å². The summed E-state index contributed by atoms with van der Waals surface area (Å²) in [6.45, 7) is 0. The van der Waals surface area contributed by atoms with Gasteiger partial charge in [0.25, 0.3) is 0 Å². The summed E-state index contributed by atoms with van der Waals surface area (Å²) in [7, 11) is 0. The number of aromatic nitrogens is 1. The van der Waals surface area contributed by atoms with Crippen LogP contribution >= 0.6 is 0 Å². The molecule has 0 amide bonds. The number of oxazole rings is 1. The quantitative estimate of drug-likeness (QED) is 0.187. The molecule has 0 N–H and O–H groups in total. The maximum absolute atomic E-state index is 6.39. The average molecular weight is 615 g/mol. The molecule has 0 bridgehead atoms. The van der Waals surface area contributed by atoms with Gasteiger partial charge in [-0.15, -0.1) is 0 Å². The lowest BCUT2D eigenvalue weighted by atomic mass is 9.95. The van der Waals surface area contributed by atoms with E-state index in [0.29, 0.717) is 5.89 Å². The monoisotopic (exact) mass is 614 g/mol. The van der Waals surface area contributed by atoms with Crippen LogP contribution in [-0.4, -0.2) is 4.98 Å². The largest absolute Gasteiger partial charge is 0.435 e. The van der Waals surface area contributed by atoms with Crippen molar-refractivity contribution in [2.45, 2.75) is 0 Å². The lowest BCUT2D eigenvalue weighted by Crippen LogP contribution is -2.11. The summed E-state index contributed by atoms with van der Waals surface area (Å²) in [6.07, 6.45) is 0. The summed E-state index contributed by atoms with van der Waals surface area (Å²) < 4.78 is 6.39. The maximum atomic E-state index is 6.39. The van der Waals surface area contributed by atoms with Crippen molar-refractivity contribution in [2.24, 2.45) is 0 Å². The summed E-state index contributed by atoms with van der Waals surface area (Å²) in [6, 6.07) is 64.1. The molecule has 0 fully saturated rings. The molecule has 226 valence electrons. The molecule has 1 heterocycles. The summed E-state index contributed by atoms with van der Waals surface area (Å²) in [4.78, 5) is 7.19. The zero-order chi connectivity index (χ0) is 31.9. The van der Waals surface area contributed by atoms with Crippen molar-refractivity contribution < 1.29 is 4.42 Å². The zero-order valence-electron chi connectivity index (χ0n) is 26.1. The Morgan fingerprint density at radius 1 is 0.417 bits per heavy atom. The van der Waals surface area contributed by atoms with Crippen LogP contribution in [0.5, 0.6) is 0 Å². The van der Waals surface area contributed by atoms with Gasteiger partial charge < -0.3 is 9.32 Å². The third-order valence-electron chi connectivity index (χ3n) is 9.08. The molecular weight excluding hydrogens is 585 g/mol. The summed E-state index contributed by atoms with van der Waals surface area (Å²) >= 11 is 0. The van der Waals surface area contributed by atoms with Crippen molar-refractivity contribution >= 4 is 49.7 Å². The molecule has 0 aliphatic heterocycles. The van der Waals surface area contributed by atoms with E-state index in [9.17, 15) is 0 Å². The molecule has 0 radical (unpaired) electrons. The third kappa shape index (κ3) is 4.90. The second-order valence-electron chi connectivity index (χ2n) is 12.0. The second kappa shape index (κ2) is 11.7. The Bertz CT molecular complexity index is 2540. The molecule has 8 aromatic carbocycles. The van der Waals surface area contributed by atoms with E-state index >= 15 is 0 Å². The molecule has 9 rings (SSSR count). The zero-order valence-corrected chi connectivity index (χ0v) is 26.1. The first-order valence-electron chi connectivity index (χ1n) is 16.2. The Hall–Kier alpha value is -6.45.